The Bertz CT molecular complexity index is 134. The van der Waals surface area contributed by atoms with E-state index >= 15 is 0 Å². The van der Waals surface area contributed by atoms with Crippen molar-refractivity contribution in [1.82, 2.24) is 0 Å². The average Bonchev–Trinajstić information content (AvgIpc) is 2.08. The number of unbranched alkanes of at least 4 members (excludes halogenated alkanes) is 1. The highest BCUT2D eigenvalue weighted by atomic mass is 16.6. The summed E-state index contributed by atoms with van der Waals surface area (Å²) >= 11 is 0. The van der Waals surface area contributed by atoms with Gasteiger partial charge in [0.05, 0.1) is 26.4 Å². The van der Waals surface area contributed by atoms with Gasteiger partial charge < -0.3 is 19.7 Å². The molecular weight excluding hydrogens is 172 g/mol. The molecule has 0 aliphatic carbocycles. The summed E-state index contributed by atoms with van der Waals surface area (Å²) in [7, 11) is 0. The maximum Gasteiger partial charge on any atom is 0.115 e. The van der Waals surface area contributed by atoms with E-state index in [0.29, 0.717) is 19.8 Å². The van der Waals surface area contributed by atoms with Crippen molar-refractivity contribution >= 4 is 0 Å². The standard InChI is InChI=1S/C9H18O4/c10-4-2-1-3-9(7-12-8-9)13-6-5-11/h10-11H,1-8H2. The van der Waals surface area contributed by atoms with Gasteiger partial charge in [0, 0.05) is 6.61 Å². The Kier molecular flexibility index (Phi) is 4.66. The molecule has 0 spiro atoms. The molecule has 1 rings (SSSR count). The molecule has 1 fully saturated rings. The van der Waals surface area contributed by atoms with Gasteiger partial charge in [-0.2, -0.15) is 0 Å². The zero-order valence-electron chi connectivity index (χ0n) is 7.87. The van der Waals surface area contributed by atoms with Gasteiger partial charge in [0.2, 0.25) is 0 Å². The first-order chi connectivity index (χ1) is 6.33. The van der Waals surface area contributed by atoms with E-state index < -0.39 is 0 Å². The Balaban J connectivity index is 2.15. The van der Waals surface area contributed by atoms with Gasteiger partial charge in [-0.25, -0.2) is 0 Å². The van der Waals surface area contributed by atoms with Gasteiger partial charge in [0.15, 0.2) is 0 Å². The minimum Gasteiger partial charge on any atom is -0.396 e. The van der Waals surface area contributed by atoms with Crippen LogP contribution in [0.1, 0.15) is 19.3 Å². The Labute approximate surface area is 78.5 Å². The van der Waals surface area contributed by atoms with E-state index in [1.165, 1.54) is 0 Å². The highest BCUT2D eigenvalue weighted by molar-refractivity contribution is 4.87. The molecule has 0 aromatic heterocycles. The van der Waals surface area contributed by atoms with Crippen LogP contribution in [0.4, 0.5) is 0 Å². The molecule has 0 aromatic rings. The van der Waals surface area contributed by atoms with E-state index in [0.717, 1.165) is 19.3 Å². The van der Waals surface area contributed by atoms with Gasteiger partial charge in [0.25, 0.3) is 0 Å². The third-order valence-corrected chi connectivity index (χ3v) is 2.27. The molecule has 1 heterocycles. The van der Waals surface area contributed by atoms with Crippen LogP contribution in [0, 0.1) is 0 Å². The Morgan fingerprint density at radius 2 is 1.92 bits per heavy atom. The first-order valence-corrected chi connectivity index (χ1v) is 4.76. The third-order valence-electron chi connectivity index (χ3n) is 2.27. The number of ether oxygens (including phenoxy) is 2. The van der Waals surface area contributed by atoms with Crippen molar-refractivity contribution in [1.29, 1.82) is 0 Å². The predicted octanol–water partition coefficient (Wildman–Crippen LogP) is -0.0731. The molecule has 1 aliphatic heterocycles. The molecular formula is C9H18O4. The zero-order chi connectivity index (χ0) is 9.57. The van der Waals surface area contributed by atoms with Crippen LogP contribution in [0.15, 0.2) is 0 Å². The van der Waals surface area contributed by atoms with Gasteiger partial charge in [-0.1, -0.05) is 0 Å². The number of hydrogen-bond donors (Lipinski definition) is 2. The summed E-state index contributed by atoms with van der Waals surface area (Å²) in [6, 6.07) is 0. The van der Waals surface area contributed by atoms with Crippen molar-refractivity contribution in [3.8, 4) is 0 Å². The lowest BCUT2D eigenvalue weighted by molar-refractivity contribution is -0.216. The second kappa shape index (κ2) is 5.54. The number of aliphatic hydroxyl groups is 2. The minimum absolute atomic E-state index is 0.0573. The highest BCUT2D eigenvalue weighted by Crippen LogP contribution is 2.27. The molecule has 0 unspecified atom stereocenters. The lowest BCUT2D eigenvalue weighted by atomic mass is 9.94. The van der Waals surface area contributed by atoms with E-state index in [9.17, 15) is 0 Å². The van der Waals surface area contributed by atoms with Crippen LogP contribution in [0.2, 0.25) is 0 Å². The predicted molar refractivity (Wildman–Crippen MR) is 47.5 cm³/mol. The van der Waals surface area contributed by atoms with Gasteiger partial charge in [0.1, 0.15) is 5.60 Å². The normalized spacial score (nSPS) is 19.8. The van der Waals surface area contributed by atoms with Crippen molar-refractivity contribution in [3.63, 3.8) is 0 Å². The summed E-state index contributed by atoms with van der Waals surface area (Å²) in [4.78, 5) is 0. The Hall–Kier alpha value is -0.160. The third kappa shape index (κ3) is 3.23. The highest BCUT2D eigenvalue weighted by Gasteiger charge is 2.38. The van der Waals surface area contributed by atoms with Crippen LogP contribution in [-0.2, 0) is 9.47 Å². The molecule has 0 amide bonds. The van der Waals surface area contributed by atoms with Crippen LogP contribution in [0.3, 0.4) is 0 Å². The summed E-state index contributed by atoms with van der Waals surface area (Å²) in [5.74, 6) is 0. The fraction of sp³-hybridized carbons (Fsp3) is 1.00. The Morgan fingerprint density at radius 1 is 1.15 bits per heavy atom. The molecule has 13 heavy (non-hydrogen) atoms. The molecule has 0 saturated carbocycles. The van der Waals surface area contributed by atoms with Crippen molar-refractivity contribution in [2.45, 2.75) is 24.9 Å². The largest absolute Gasteiger partial charge is 0.396 e. The van der Waals surface area contributed by atoms with Crippen molar-refractivity contribution in [2.24, 2.45) is 0 Å². The monoisotopic (exact) mass is 190 g/mol. The summed E-state index contributed by atoms with van der Waals surface area (Å²) in [6.45, 7) is 1.91. The Morgan fingerprint density at radius 3 is 2.38 bits per heavy atom. The lowest BCUT2D eigenvalue weighted by Gasteiger charge is -2.41. The van der Waals surface area contributed by atoms with Gasteiger partial charge in [-0.15, -0.1) is 0 Å². The molecule has 0 atom stereocenters. The fourth-order valence-electron chi connectivity index (χ4n) is 1.45. The lowest BCUT2D eigenvalue weighted by Crippen LogP contribution is -2.52. The maximum atomic E-state index is 8.62. The quantitative estimate of drug-likeness (QED) is 0.552. The average molecular weight is 190 g/mol. The smallest absolute Gasteiger partial charge is 0.115 e. The second-order valence-corrected chi connectivity index (χ2v) is 3.43. The summed E-state index contributed by atoms with van der Waals surface area (Å²) in [5, 5.41) is 17.2. The van der Waals surface area contributed by atoms with E-state index in [4.69, 9.17) is 19.7 Å². The minimum atomic E-state index is -0.169. The molecule has 78 valence electrons. The van der Waals surface area contributed by atoms with Crippen LogP contribution < -0.4 is 0 Å². The van der Waals surface area contributed by atoms with Crippen LogP contribution in [0.25, 0.3) is 0 Å². The van der Waals surface area contributed by atoms with Crippen molar-refractivity contribution in [2.75, 3.05) is 33.0 Å². The second-order valence-electron chi connectivity index (χ2n) is 3.43. The maximum absolute atomic E-state index is 8.62. The first-order valence-electron chi connectivity index (χ1n) is 4.76. The van der Waals surface area contributed by atoms with Crippen LogP contribution in [-0.4, -0.2) is 48.8 Å². The molecule has 1 saturated heterocycles. The van der Waals surface area contributed by atoms with E-state index in [2.05, 4.69) is 0 Å². The summed E-state index contributed by atoms with van der Waals surface area (Å²) in [5.41, 5.74) is -0.169. The first kappa shape index (κ1) is 10.9. The molecule has 2 N–H and O–H groups in total. The van der Waals surface area contributed by atoms with Crippen molar-refractivity contribution in [3.05, 3.63) is 0 Å². The molecule has 4 nitrogen and oxygen atoms in total. The van der Waals surface area contributed by atoms with Crippen LogP contribution in [0.5, 0.6) is 0 Å². The number of rotatable bonds is 7. The molecule has 0 aromatic carbocycles. The van der Waals surface area contributed by atoms with E-state index in [1.54, 1.807) is 0 Å². The van der Waals surface area contributed by atoms with E-state index in [1.807, 2.05) is 0 Å². The molecule has 4 heteroatoms. The van der Waals surface area contributed by atoms with Gasteiger partial charge in [-0.05, 0) is 19.3 Å². The zero-order valence-corrected chi connectivity index (χ0v) is 7.87. The fourth-order valence-corrected chi connectivity index (χ4v) is 1.45. The molecule has 1 aliphatic rings. The topological polar surface area (TPSA) is 58.9 Å². The molecule has 0 radical (unpaired) electrons. The van der Waals surface area contributed by atoms with Gasteiger partial charge in [-0.3, -0.25) is 0 Å². The van der Waals surface area contributed by atoms with Gasteiger partial charge >= 0.3 is 0 Å². The molecule has 0 bridgehead atoms. The van der Waals surface area contributed by atoms with Crippen LogP contribution >= 0.6 is 0 Å². The summed E-state index contributed by atoms with van der Waals surface area (Å²) in [6.07, 6.45) is 2.67. The number of hydrogen-bond acceptors (Lipinski definition) is 4. The summed E-state index contributed by atoms with van der Waals surface area (Å²) < 4.78 is 10.6. The van der Waals surface area contributed by atoms with Crippen molar-refractivity contribution < 1.29 is 19.7 Å². The number of aliphatic hydroxyl groups excluding tert-OH is 2. The van der Waals surface area contributed by atoms with E-state index in [-0.39, 0.29) is 18.8 Å². The SMILES string of the molecule is OCCCCC1(OCCO)COC1.